The van der Waals surface area contributed by atoms with E-state index in [0.717, 1.165) is 144 Å². The van der Waals surface area contributed by atoms with Crippen LogP contribution in [0.25, 0.3) is 44.8 Å². The zero-order chi connectivity index (χ0) is 46.0. The molecule has 4 heterocycles. The molecule has 0 aliphatic rings. The number of imidazole rings is 2. The molecule has 13 nitrogen and oxygen atoms in total. The van der Waals surface area contributed by atoms with E-state index in [1.54, 1.807) is 23.9 Å². The molecule has 6 aromatic rings. The van der Waals surface area contributed by atoms with E-state index in [4.69, 9.17) is 9.97 Å². The molecule has 0 atom stereocenters. The Morgan fingerprint density at radius 2 is 0.812 bits per heavy atom. The van der Waals surface area contributed by atoms with E-state index >= 15 is 0 Å². The van der Waals surface area contributed by atoms with Crippen LogP contribution >= 0.6 is 0 Å². The lowest BCUT2D eigenvalue weighted by Gasteiger charge is -2.30. The fourth-order valence-corrected chi connectivity index (χ4v) is 8.35. The highest BCUT2D eigenvalue weighted by atomic mass is 16.1. The Morgan fingerprint density at radius 1 is 0.469 bits per heavy atom. The van der Waals surface area contributed by atoms with Crippen LogP contribution in [0.3, 0.4) is 0 Å². The van der Waals surface area contributed by atoms with Crippen molar-refractivity contribution in [2.45, 2.75) is 62.3 Å². The number of pyridine rings is 2. The SMILES string of the molecule is CCN(CC)CCN(CCN(CC)CC)c1ccc(-c2nc3cnccc3n2C(C)=O)cc1.CCN(CC)CCN(CCN(CC)CC)c1ccc(-c2nc3cnccc3n2C)cc1. The van der Waals surface area contributed by atoms with Crippen LogP contribution in [0.4, 0.5) is 11.4 Å². The number of anilines is 2. The molecule has 13 heteroatoms. The van der Waals surface area contributed by atoms with Crippen molar-refractivity contribution in [2.24, 2.45) is 7.05 Å². The number of fused-ring (bicyclic) bond motifs is 2. The Hall–Kier alpha value is -5.21. The molecule has 4 aromatic heterocycles. The number of nitrogens with zero attached hydrogens (tertiary/aromatic N) is 12. The van der Waals surface area contributed by atoms with E-state index < -0.39 is 0 Å². The number of aromatic nitrogens is 6. The van der Waals surface area contributed by atoms with Gasteiger partial charge in [-0.1, -0.05) is 55.4 Å². The van der Waals surface area contributed by atoms with Gasteiger partial charge in [-0.05, 0) is 113 Å². The summed E-state index contributed by atoms with van der Waals surface area (Å²) in [4.78, 5) is 45.1. The quantitative estimate of drug-likeness (QED) is 0.0587. The van der Waals surface area contributed by atoms with Gasteiger partial charge in [0, 0.05) is 101 Å². The summed E-state index contributed by atoms with van der Waals surface area (Å²) < 4.78 is 3.81. The zero-order valence-electron chi connectivity index (χ0n) is 40.7. The van der Waals surface area contributed by atoms with E-state index in [9.17, 15) is 4.79 Å². The van der Waals surface area contributed by atoms with Crippen LogP contribution in [-0.4, -0.2) is 159 Å². The predicted octanol–water partition coefficient (Wildman–Crippen LogP) is 8.37. The first kappa shape index (κ1) is 49.8. The van der Waals surface area contributed by atoms with Gasteiger partial charge in [0.1, 0.15) is 22.7 Å². The van der Waals surface area contributed by atoms with Crippen LogP contribution in [0.5, 0.6) is 0 Å². The molecule has 0 unspecified atom stereocenters. The summed E-state index contributed by atoms with van der Waals surface area (Å²) >= 11 is 0. The maximum absolute atomic E-state index is 12.4. The van der Waals surface area contributed by atoms with Gasteiger partial charge < -0.3 is 34.0 Å². The Labute approximate surface area is 383 Å². The van der Waals surface area contributed by atoms with Gasteiger partial charge in [-0.25, -0.2) is 9.97 Å². The highest BCUT2D eigenvalue weighted by Crippen LogP contribution is 2.28. The smallest absolute Gasteiger partial charge is 0.229 e. The van der Waals surface area contributed by atoms with Gasteiger partial charge in [0.05, 0.1) is 23.4 Å². The molecule has 0 bridgehead atoms. The van der Waals surface area contributed by atoms with Crippen molar-refractivity contribution in [2.75, 3.05) is 115 Å². The number of hydrogen-bond donors (Lipinski definition) is 0. The summed E-state index contributed by atoms with van der Waals surface area (Å²) in [5.74, 6) is 1.59. The summed E-state index contributed by atoms with van der Waals surface area (Å²) in [6.07, 6.45) is 7.05. The van der Waals surface area contributed by atoms with Crippen LogP contribution < -0.4 is 9.80 Å². The largest absolute Gasteiger partial charge is 0.369 e. The van der Waals surface area contributed by atoms with Gasteiger partial charge in [0.25, 0.3) is 0 Å². The summed E-state index contributed by atoms with van der Waals surface area (Å²) in [5, 5.41) is 0. The van der Waals surface area contributed by atoms with Gasteiger partial charge in [-0.2, -0.15) is 0 Å². The summed E-state index contributed by atoms with van der Waals surface area (Å²) in [5.41, 5.74) is 8.10. The molecule has 0 aliphatic heterocycles. The van der Waals surface area contributed by atoms with Gasteiger partial charge >= 0.3 is 0 Å². The monoisotopic (exact) mass is 873 g/mol. The van der Waals surface area contributed by atoms with E-state index in [1.165, 1.54) is 11.4 Å². The zero-order valence-corrected chi connectivity index (χ0v) is 40.7. The first-order chi connectivity index (χ1) is 31.1. The molecule has 0 amide bonds. The number of rotatable bonds is 24. The van der Waals surface area contributed by atoms with Crippen molar-refractivity contribution < 1.29 is 4.79 Å². The Morgan fingerprint density at radius 3 is 1.17 bits per heavy atom. The van der Waals surface area contributed by atoms with Gasteiger partial charge in [-0.3, -0.25) is 19.3 Å². The normalized spacial score (nSPS) is 11.7. The van der Waals surface area contributed by atoms with Crippen molar-refractivity contribution in [1.82, 2.24) is 48.7 Å². The number of carbonyl (C=O) groups is 1. The number of aryl methyl sites for hydroxylation is 1. The molecule has 2 aromatic carbocycles. The minimum absolute atomic E-state index is 0.0529. The molecule has 0 aliphatic carbocycles. The lowest BCUT2D eigenvalue weighted by Crippen LogP contribution is -2.39. The van der Waals surface area contributed by atoms with Crippen LogP contribution in [0.1, 0.15) is 67.1 Å². The van der Waals surface area contributed by atoms with Crippen molar-refractivity contribution in [3.63, 3.8) is 0 Å². The summed E-state index contributed by atoms with van der Waals surface area (Å²) in [6, 6.07) is 21.2. The lowest BCUT2D eigenvalue weighted by molar-refractivity contribution is 0.0943. The minimum Gasteiger partial charge on any atom is -0.369 e. The van der Waals surface area contributed by atoms with Crippen molar-refractivity contribution >= 4 is 39.3 Å². The van der Waals surface area contributed by atoms with Gasteiger partial charge in [-0.15, -0.1) is 0 Å². The highest BCUT2D eigenvalue weighted by Gasteiger charge is 2.18. The highest BCUT2D eigenvalue weighted by molar-refractivity contribution is 5.93. The second-order valence-corrected chi connectivity index (χ2v) is 16.2. The van der Waals surface area contributed by atoms with Crippen molar-refractivity contribution in [1.29, 1.82) is 0 Å². The van der Waals surface area contributed by atoms with Crippen LogP contribution in [0, 0.1) is 0 Å². The van der Waals surface area contributed by atoms with Gasteiger partial charge in [0.15, 0.2) is 0 Å². The second-order valence-electron chi connectivity index (χ2n) is 16.2. The van der Waals surface area contributed by atoms with Crippen molar-refractivity contribution in [3.8, 4) is 22.8 Å². The van der Waals surface area contributed by atoms with Crippen LogP contribution in [-0.2, 0) is 7.05 Å². The molecule has 64 heavy (non-hydrogen) atoms. The van der Waals surface area contributed by atoms with Crippen LogP contribution in [0.15, 0.2) is 85.5 Å². The predicted molar refractivity (Wildman–Crippen MR) is 269 cm³/mol. The molecule has 0 saturated heterocycles. The minimum atomic E-state index is -0.0529. The Bertz CT molecular complexity index is 2240. The molecule has 0 spiro atoms. The number of carbonyl (C=O) groups excluding carboxylic acids is 1. The Kier molecular flexibility index (Phi) is 19.7. The maximum atomic E-state index is 12.4. The van der Waals surface area contributed by atoms with Crippen LogP contribution in [0.2, 0.25) is 0 Å². The molecule has 0 N–H and O–H groups in total. The van der Waals surface area contributed by atoms with E-state index in [0.29, 0.717) is 5.82 Å². The first-order valence-electron chi connectivity index (χ1n) is 23.8. The lowest BCUT2D eigenvalue weighted by atomic mass is 10.1. The van der Waals surface area contributed by atoms with Crippen molar-refractivity contribution in [3.05, 3.63) is 85.5 Å². The fraction of sp³-hybridized carbons (Fsp3) is 0.510. The average molecular weight is 873 g/mol. The topological polar surface area (TPSA) is 97.9 Å². The standard InChI is InChI=1S/C26H38N6O.C25H38N6/c1-6-29(7-2)16-18-31(19-17-30(8-3)9-4)23-12-10-22(11-13-23)26-28-24-20-27-15-14-25(24)32(26)21(5)33;1-6-29(7-2)16-18-31(19-17-30(8-3)9-4)22-12-10-21(11-13-22)25-27-23-20-26-15-14-24(23)28(25)5/h10-15,20H,6-9,16-19H2,1-5H3;10-15,20H,6-9,16-19H2,1-5H3. The molecular formula is C51H76N12O. The molecule has 346 valence electrons. The first-order valence-corrected chi connectivity index (χ1v) is 23.8. The number of benzene rings is 2. The molecule has 0 fully saturated rings. The maximum Gasteiger partial charge on any atom is 0.229 e. The molecule has 0 radical (unpaired) electrons. The molecule has 6 rings (SSSR count). The van der Waals surface area contributed by atoms with E-state index in [1.807, 2.05) is 24.5 Å². The third-order valence-corrected chi connectivity index (χ3v) is 12.8. The molecule has 0 saturated carbocycles. The number of hydrogen-bond acceptors (Lipinski definition) is 11. The molecular weight excluding hydrogens is 797 g/mol. The Balaban J connectivity index is 0.000000241. The average Bonchev–Trinajstić information content (AvgIpc) is 3.90. The van der Waals surface area contributed by atoms with E-state index in [-0.39, 0.29) is 5.91 Å². The second kappa shape index (κ2) is 25.3. The fourth-order valence-electron chi connectivity index (χ4n) is 8.35. The third kappa shape index (κ3) is 13.0. The van der Waals surface area contributed by atoms with Gasteiger partial charge in [0.2, 0.25) is 5.91 Å². The third-order valence-electron chi connectivity index (χ3n) is 12.8. The van der Waals surface area contributed by atoms with E-state index in [2.05, 4.69) is 155 Å². The summed E-state index contributed by atoms with van der Waals surface area (Å²) in [7, 11) is 2.07. The summed E-state index contributed by atoms with van der Waals surface area (Å²) in [6.45, 7) is 36.4. The number of likely N-dealkylation sites (N-methyl/N-ethyl adjacent to an activating group) is 4.